The summed E-state index contributed by atoms with van der Waals surface area (Å²) in [5, 5.41) is 9.10. The molecule has 0 heterocycles. The maximum absolute atomic E-state index is 12.3. The number of hydrogen-bond donors (Lipinski definition) is 1. The first kappa shape index (κ1) is 14.4. The van der Waals surface area contributed by atoms with Crippen LogP contribution in [0.15, 0.2) is 47.4 Å². The fourth-order valence-corrected chi connectivity index (χ4v) is 3.26. The summed E-state index contributed by atoms with van der Waals surface area (Å²) in [5.41, 5.74) is 1.35. The molecule has 0 atom stereocenters. The lowest BCUT2D eigenvalue weighted by Gasteiger charge is -2.11. The van der Waals surface area contributed by atoms with Gasteiger partial charge in [-0.25, -0.2) is 8.42 Å². The first-order chi connectivity index (χ1) is 9.44. The Morgan fingerprint density at radius 2 is 1.80 bits per heavy atom. The standard InChI is InChI=1S/C14H11ClN2O2S/c1-10-13(15)3-2-4-14(10)20(18,19)17-12-7-5-11(9-16)6-8-12/h2-8,17H,1H3. The van der Waals surface area contributed by atoms with Crippen LogP contribution in [0, 0.1) is 18.3 Å². The van der Waals surface area contributed by atoms with E-state index in [0.717, 1.165) is 0 Å². The van der Waals surface area contributed by atoms with Crippen molar-refractivity contribution in [3.8, 4) is 6.07 Å². The molecule has 102 valence electrons. The Morgan fingerprint density at radius 3 is 2.40 bits per heavy atom. The van der Waals surface area contributed by atoms with Crippen LogP contribution in [0.3, 0.4) is 0 Å². The highest BCUT2D eigenvalue weighted by molar-refractivity contribution is 7.92. The molecular weight excluding hydrogens is 296 g/mol. The van der Waals surface area contributed by atoms with Crippen molar-refractivity contribution in [3.05, 3.63) is 58.6 Å². The second-order valence-electron chi connectivity index (χ2n) is 4.16. The van der Waals surface area contributed by atoms with Gasteiger partial charge in [0.25, 0.3) is 10.0 Å². The molecule has 2 aromatic rings. The molecule has 0 aliphatic heterocycles. The topological polar surface area (TPSA) is 70.0 Å². The van der Waals surface area contributed by atoms with Crippen molar-refractivity contribution in [3.63, 3.8) is 0 Å². The molecule has 0 spiro atoms. The maximum atomic E-state index is 12.3. The van der Waals surface area contributed by atoms with E-state index in [4.69, 9.17) is 16.9 Å². The Labute approximate surface area is 122 Å². The summed E-state index contributed by atoms with van der Waals surface area (Å²) >= 11 is 5.93. The summed E-state index contributed by atoms with van der Waals surface area (Å²) in [7, 11) is -3.70. The van der Waals surface area contributed by atoms with Crippen molar-refractivity contribution in [2.75, 3.05) is 4.72 Å². The van der Waals surface area contributed by atoms with Crippen molar-refractivity contribution in [2.45, 2.75) is 11.8 Å². The molecule has 4 nitrogen and oxygen atoms in total. The Bertz CT molecular complexity index is 778. The summed E-state index contributed by atoms with van der Waals surface area (Å²) in [4.78, 5) is 0.134. The van der Waals surface area contributed by atoms with Gasteiger partial charge in [0.2, 0.25) is 0 Å². The quantitative estimate of drug-likeness (QED) is 0.945. The highest BCUT2D eigenvalue weighted by Crippen LogP contribution is 2.24. The number of sulfonamides is 1. The fraction of sp³-hybridized carbons (Fsp3) is 0.0714. The zero-order valence-corrected chi connectivity index (χ0v) is 12.2. The van der Waals surface area contributed by atoms with Crippen molar-refractivity contribution < 1.29 is 8.42 Å². The molecule has 0 unspecified atom stereocenters. The second-order valence-corrected chi connectivity index (χ2v) is 6.22. The first-order valence-electron chi connectivity index (χ1n) is 5.72. The average molecular weight is 307 g/mol. The van der Waals surface area contributed by atoms with Crippen LogP contribution in [0.5, 0.6) is 0 Å². The number of rotatable bonds is 3. The van der Waals surface area contributed by atoms with Gasteiger partial charge in [0, 0.05) is 10.7 Å². The molecule has 0 fully saturated rings. The molecule has 2 aromatic carbocycles. The lowest BCUT2D eigenvalue weighted by atomic mass is 10.2. The monoisotopic (exact) mass is 306 g/mol. The van der Waals surface area contributed by atoms with Gasteiger partial charge in [-0.2, -0.15) is 5.26 Å². The zero-order chi connectivity index (χ0) is 14.8. The van der Waals surface area contributed by atoms with Crippen molar-refractivity contribution in [1.29, 1.82) is 5.26 Å². The minimum absolute atomic E-state index is 0.134. The van der Waals surface area contributed by atoms with Gasteiger partial charge in [-0.1, -0.05) is 17.7 Å². The van der Waals surface area contributed by atoms with Gasteiger partial charge in [-0.3, -0.25) is 4.72 Å². The highest BCUT2D eigenvalue weighted by atomic mass is 35.5. The number of halogens is 1. The van der Waals surface area contributed by atoms with Crippen molar-refractivity contribution in [2.24, 2.45) is 0 Å². The fourth-order valence-electron chi connectivity index (χ4n) is 1.70. The Balaban J connectivity index is 2.36. The SMILES string of the molecule is Cc1c(Cl)cccc1S(=O)(=O)Nc1ccc(C#N)cc1. The maximum Gasteiger partial charge on any atom is 0.262 e. The van der Waals surface area contributed by atoms with E-state index in [1.54, 1.807) is 31.2 Å². The largest absolute Gasteiger partial charge is 0.280 e. The van der Waals surface area contributed by atoms with Gasteiger partial charge in [0.15, 0.2) is 0 Å². The molecule has 0 aromatic heterocycles. The molecule has 0 saturated carbocycles. The Hall–Kier alpha value is -2.03. The summed E-state index contributed by atoms with van der Waals surface area (Å²) in [6.45, 7) is 1.65. The van der Waals surface area contributed by atoms with E-state index in [9.17, 15) is 8.42 Å². The highest BCUT2D eigenvalue weighted by Gasteiger charge is 2.18. The van der Waals surface area contributed by atoms with Crippen molar-refractivity contribution >= 4 is 27.3 Å². The van der Waals surface area contributed by atoms with Crippen LogP contribution in [0.4, 0.5) is 5.69 Å². The Kier molecular flexibility index (Phi) is 3.98. The van der Waals surface area contributed by atoms with Gasteiger partial charge in [0.05, 0.1) is 16.5 Å². The number of nitriles is 1. The molecule has 1 N–H and O–H groups in total. The van der Waals surface area contributed by atoms with Gasteiger partial charge in [0.1, 0.15) is 0 Å². The number of hydrogen-bond acceptors (Lipinski definition) is 3. The van der Waals surface area contributed by atoms with Crippen molar-refractivity contribution in [1.82, 2.24) is 0 Å². The van der Waals surface area contributed by atoms with E-state index in [-0.39, 0.29) is 4.90 Å². The summed E-state index contributed by atoms with van der Waals surface area (Å²) in [6.07, 6.45) is 0. The molecule has 0 radical (unpaired) electrons. The number of nitrogens with one attached hydrogen (secondary N) is 1. The van der Waals surface area contributed by atoms with E-state index in [2.05, 4.69) is 4.72 Å². The molecule has 2 rings (SSSR count). The van der Waals surface area contributed by atoms with Crippen LogP contribution in [0.1, 0.15) is 11.1 Å². The third-order valence-electron chi connectivity index (χ3n) is 2.77. The third-order valence-corrected chi connectivity index (χ3v) is 4.71. The number of anilines is 1. The van der Waals surface area contributed by atoms with E-state index in [1.807, 2.05) is 6.07 Å². The predicted molar refractivity (Wildman–Crippen MR) is 78.2 cm³/mol. The summed E-state index contributed by atoms with van der Waals surface area (Å²) < 4.78 is 27.0. The van der Waals surface area contributed by atoms with Gasteiger partial charge in [-0.15, -0.1) is 0 Å². The normalized spacial score (nSPS) is 10.8. The average Bonchev–Trinajstić information content (AvgIpc) is 2.42. The molecule has 0 amide bonds. The molecular formula is C14H11ClN2O2S. The van der Waals surface area contributed by atoms with E-state index >= 15 is 0 Å². The molecule has 0 saturated heterocycles. The minimum atomic E-state index is -3.70. The number of benzene rings is 2. The van der Waals surface area contributed by atoms with Gasteiger partial charge < -0.3 is 0 Å². The van der Waals surface area contributed by atoms with Crippen LogP contribution < -0.4 is 4.72 Å². The van der Waals surface area contributed by atoms with Gasteiger partial charge >= 0.3 is 0 Å². The van der Waals surface area contributed by atoms with Crippen LogP contribution >= 0.6 is 11.6 Å². The van der Waals surface area contributed by atoms with Crippen LogP contribution in [-0.4, -0.2) is 8.42 Å². The van der Waals surface area contributed by atoms with E-state index in [0.29, 0.717) is 21.8 Å². The second kappa shape index (κ2) is 5.53. The molecule has 20 heavy (non-hydrogen) atoms. The molecule has 0 aliphatic rings. The van der Waals surface area contributed by atoms with E-state index in [1.165, 1.54) is 18.2 Å². The third kappa shape index (κ3) is 2.93. The predicted octanol–water partition coefficient (Wildman–Crippen LogP) is 3.32. The lowest BCUT2D eigenvalue weighted by Crippen LogP contribution is -2.14. The van der Waals surface area contributed by atoms with Crippen LogP contribution in [-0.2, 0) is 10.0 Å². The minimum Gasteiger partial charge on any atom is -0.280 e. The van der Waals surface area contributed by atoms with Crippen LogP contribution in [0.25, 0.3) is 0 Å². The van der Waals surface area contributed by atoms with Crippen LogP contribution in [0.2, 0.25) is 5.02 Å². The summed E-state index contributed by atoms with van der Waals surface area (Å²) in [5.74, 6) is 0. The molecule has 0 bridgehead atoms. The lowest BCUT2D eigenvalue weighted by molar-refractivity contribution is 0.600. The zero-order valence-electron chi connectivity index (χ0n) is 10.6. The summed E-state index contributed by atoms with van der Waals surface area (Å²) in [6, 6.07) is 12.9. The molecule has 6 heteroatoms. The first-order valence-corrected chi connectivity index (χ1v) is 7.58. The Morgan fingerprint density at radius 1 is 1.15 bits per heavy atom. The van der Waals surface area contributed by atoms with E-state index < -0.39 is 10.0 Å². The molecule has 0 aliphatic carbocycles. The van der Waals surface area contributed by atoms with Gasteiger partial charge in [-0.05, 0) is 48.9 Å². The smallest absolute Gasteiger partial charge is 0.262 e. The number of nitrogens with zero attached hydrogens (tertiary/aromatic N) is 1.